The van der Waals surface area contributed by atoms with Crippen LogP contribution in [0.25, 0.3) is 11.1 Å². The molecule has 0 saturated heterocycles. The van der Waals surface area contributed by atoms with Gasteiger partial charge >= 0.3 is 5.69 Å². The first kappa shape index (κ1) is 13.0. The quantitative estimate of drug-likeness (QED) is 0.622. The van der Waals surface area contributed by atoms with E-state index in [1.807, 2.05) is 26.0 Å². The van der Waals surface area contributed by atoms with Crippen LogP contribution in [0.5, 0.6) is 5.75 Å². The molecule has 2 rings (SSSR count). The van der Waals surface area contributed by atoms with Crippen molar-refractivity contribution in [3.05, 3.63) is 52.8 Å². The van der Waals surface area contributed by atoms with Crippen molar-refractivity contribution >= 4 is 5.69 Å². The molecule has 0 N–H and O–H groups in total. The van der Waals surface area contributed by atoms with Gasteiger partial charge in [-0.2, -0.15) is 0 Å². The van der Waals surface area contributed by atoms with Crippen molar-refractivity contribution in [1.82, 2.24) is 4.98 Å². The van der Waals surface area contributed by atoms with Gasteiger partial charge in [-0.15, -0.1) is 0 Å². The van der Waals surface area contributed by atoms with E-state index in [0.29, 0.717) is 0 Å². The second-order valence-electron chi connectivity index (χ2n) is 4.34. The number of pyridine rings is 1. The van der Waals surface area contributed by atoms with E-state index < -0.39 is 4.92 Å². The van der Waals surface area contributed by atoms with Crippen molar-refractivity contribution in [2.24, 2.45) is 0 Å². The first-order valence-corrected chi connectivity index (χ1v) is 5.93. The van der Waals surface area contributed by atoms with Crippen LogP contribution in [-0.2, 0) is 0 Å². The molecule has 19 heavy (non-hydrogen) atoms. The molecule has 0 unspecified atom stereocenters. The lowest BCUT2D eigenvalue weighted by Gasteiger charge is -2.11. The predicted octanol–water partition coefficient (Wildman–Crippen LogP) is 3.44. The molecule has 1 aromatic heterocycles. The van der Waals surface area contributed by atoms with Crippen LogP contribution in [-0.4, -0.2) is 16.0 Å². The molecule has 0 spiro atoms. The lowest BCUT2D eigenvalue weighted by atomic mass is 10.1. The van der Waals surface area contributed by atoms with Gasteiger partial charge in [-0.3, -0.25) is 15.1 Å². The summed E-state index contributed by atoms with van der Waals surface area (Å²) in [6.45, 7) is 3.67. The van der Waals surface area contributed by atoms with Crippen LogP contribution in [0.2, 0.25) is 0 Å². The summed E-state index contributed by atoms with van der Waals surface area (Å²) >= 11 is 0. The van der Waals surface area contributed by atoms with Gasteiger partial charge in [0.1, 0.15) is 0 Å². The predicted molar refractivity (Wildman–Crippen MR) is 72.1 cm³/mol. The average molecular weight is 258 g/mol. The third-order valence-corrected chi connectivity index (χ3v) is 2.53. The Morgan fingerprint density at radius 2 is 1.84 bits per heavy atom. The number of ether oxygens (including phenoxy) is 1. The summed E-state index contributed by atoms with van der Waals surface area (Å²) in [7, 11) is 0. The Balaban J connectivity index is 2.46. The number of aromatic nitrogens is 1. The number of nitro benzene ring substituents is 1. The van der Waals surface area contributed by atoms with Crippen LogP contribution in [0.1, 0.15) is 13.8 Å². The number of nitro groups is 1. The molecule has 0 aliphatic heterocycles. The molecule has 0 radical (unpaired) electrons. The number of hydrogen-bond acceptors (Lipinski definition) is 4. The summed E-state index contributed by atoms with van der Waals surface area (Å²) in [6.07, 6.45) is 3.24. The Labute approximate surface area is 111 Å². The lowest BCUT2D eigenvalue weighted by molar-refractivity contribution is -0.386. The minimum absolute atomic E-state index is 0.0218. The maximum Gasteiger partial charge on any atom is 0.310 e. The topological polar surface area (TPSA) is 65.3 Å². The second-order valence-corrected chi connectivity index (χ2v) is 4.34. The summed E-state index contributed by atoms with van der Waals surface area (Å²) in [4.78, 5) is 14.5. The highest BCUT2D eigenvalue weighted by molar-refractivity contribution is 5.68. The molecule has 98 valence electrons. The third kappa shape index (κ3) is 3.07. The van der Waals surface area contributed by atoms with Gasteiger partial charge in [-0.25, -0.2) is 0 Å². The summed E-state index contributed by atoms with van der Waals surface area (Å²) in [5, 5.41) is 11.0. The second kappa shape index (κ2) is 5.48. The van der Waals surface area contributed by atoms with E-state index in [4.69, 9.17) is 4.74 Å². The standard InChI is InChI=1S/C14H14N2O3/c1-10(2)19-14-9-12(3-4-13(14)16(17)18)11-5-7-15-8-6-11/h3-10H,1-2H3. The van der Waals surface area contributed by atoms with E-state index in [-0.39, 0.29) is 17.5 Å². The van der Waals surface area contributed by atoms with E-state index in [1.165, 1.54) is 6.07 Å². The van der Waals surface area contributed by atoms with E-state index in [9.17, 15) is 10.1 Å². The van der Waals surface area contributed by atoms with Crippen LogP contribution < -0.4 is 4.74 Å². The van der Waals surface area contributed by atoms with Crippen LogP contribution in [0.15, 0.2) is 42.7 Å². The number of nitrogens with zero attached hydrogens (tertiary/aromatic N) is 2. The summed E-state index contributed by atoms with van der Waals surface area (Å²) in [5.74, 6) is 0.286. The van der Waals surface area contributed by atoms with Crippen LogP contribution in [0.4, 0.5) is 5.69 Å². The average Bonchev–Trinajstić information content (AvgIpc) is 2.38. The summed E-state index contributed by atoms with van der Waals surface area (Å²) in [6, 6.07) is 8.56. The molecule has 0 saturated carbocycles. The minimum atomic E-state index is -0.436. The van der Waals surface area contributed by atoms with Crippen LogP contribution in [0, 0.1) is 10.1 Å². The monoisotopic (exact) mass is 258 g/mol. The largest absolute Gasteiger partial charge is 0.484 e. The van der Waals surface area contributed by atoms with Crippen molar-refractivity contribution in [3.8, 4) is 16.9 Å². The fourth-order valence-corrected chi connectivity index (χ4v) is 1.74. The van der Waals surface area contributed by atoms with Gasteiger partial charge in [0.25, 0.3) is 0 Å². The van der Waals surface area contributed by atoms with Crippen molar-refractivity contribution in [2.45, 2.75) is 20.0 Å². The first-order valence-electron chi connectivity index (χ1n) is 5.93. The normalized spacial score (nSPS) is 10.5. The maximum atomic E-state index is 11.0. The zero-order valence-corrected chi connectivity index (χ0v) is 10.7. The minimum Gasteiger partial charge on any atom is -0.484 e. The number of rotatable bonds is 4. The van der Waals surface area contributed by atoms with Crippen LogP contribution in [0.3, 0.4) is 0 Å². The fourth-order valence-electron chi connectivity index (χ4n) is 1.74. The molecule has 1 heterocycles. The molecule has 0 fully saturated rings. The van der Waals surface area contributed by atoms with Crippen molar-refractivity contribution < 1.29 is 9.66 Å². The van der Waals surface area contributed by atoms with E-state index in [0.717, 1.165) is 11.1 Å². The lowest BCUT2D eigenvalue weighted by Crippen LogP contribution is -2.07. The highest BCUT2D eigenvalue weighted by Crippen LogP contribution is 2.32. The van der Waals surface area contributed by atoms with Crippen molar-refractivity contribution in [2.75, 3.05) is 0 Å². The molecule has 0 aliphatic rings. The molecule has 0 aliphatic carbocycles. The zero-order chi connectivity index (χ0) is 13.8. The van der Waals surface area contributed by atoms with Gasteiger partial charge in [-0.1, -0.05) is 0 Å². The highest BCUT2D eigenvalue weighted by Gasteiger charge is 2.17. The maximum absolute atomic E-state index is 11.0. The molecular formula is C14H14N2O3. The smallest absolute Gasteiger partial charge is 0.310 e. The van der Waals surface area contributed by atoms with Gasteiger partial charge in [0.15, 0.2) is 5.75 Å². The molecule has 2 aromatic rings. The van der Waals surface area contributed by atoms with Crippen molar-refractivity contribution in [1.29, 1.82) is 0 Å². The molecule has 0 amide bonds. The molecule has 5 nitrogen and oxygen atoms in total. The van der Waals surface area contributed by atoms with Gasteiger partial charge in [-0.05, 0) is 49.2 Å². The highest BCUT2D eigenvalue weighted by atomic mass is 16.6. The van der Waals surface area contributed by atoms with E-state index >= 15 is 0 Å². The Hall–Kier alpha value is -2.43. The summed E-state index contributed by atoms with van der Waals surface area (Å²) in [5.41, 5.74) is 1.79. The Morgan fingerprint density at radius 1 is 1.16 bits per heavy atom. The molecule has 1 aromatic carbocycles. The Morgan fingerprint density at radius 3 is 2.42 bits per heavy atom. The fraction of sp³-hybridized carbons (Fsp3) is 0.214. The van der Waals surface area contributed by atoms with E-state index in [2.05, 4.69) is 4.98 Å². The third-order valence-electron chi connectivity index (χ3n) is 2.53. The van der Waals surface area contributed by atoms with Crippen molar-refractivity contribution in [3.63, 3.8) is 0 Å². The Bertz CT molecular complexity index is 582. The van der Waals surface area contributed by atoms with E-state index in [1.54, 1.807) is 24.5 Å². The van der Waals surface area contributed by atoms with Crippen LogP contribution >= 0.6 is 0 Å². The SMILES string of the molecule is CC(C)Oc1cc(-c2ccncc2)ccc1[N+](=O)[O-]. The first-order chi connectivity index (χ1) is 9.08. The van der Waals surface area contributed by atoms with Gasteiger partial charge in [0.2, 0.25) is 0 Å². The number of benzene rings is 1. The number of hydrogen-bond donors (Lipinski definition) is 0. The van der Waals surface area contributed by atoms with Gasteiger partial charge in [0.05, 0.1) is 11.0 Å². The molecule has 5 heteroatoms. The zero-order valence-electron chi connectivity index (χ0n) is 10.7. The molecule has 0 atom stereocenters. The molecule has 0 bridgehead atoms. The van der Waals surface area contributed by atoms with Gasteiger partial charge < -0.3 is 4.74 Å². The van der Waals surface area contributed by atoms with Gasteiger partial charge in [0, 0.05) is 18.5 Å². The Kier molecular flexibility index (Phi) is 3.75. The molecular weight excluding hydrogens is 244 g/mol. The summed E-state index contributed by atoms with van der Waals surface area (Å²) < 4.78 is 5.51.